The van der Waals surface area contributed by atoms with Crippen molar-refractivity contribution in [2.24, 2.45) is 0 Å². The van der Waals surface area contributed by atoms with Crippen molar-refractivity contribution < 1.29 is 55.7 Å². The number of nitriles is 3. The lowest BCUT2D eigenvalue weighted by atomic mass is 9.88. The summed E-state index contributed by atoms with van der Waals surface area (Å²) >= 11 is 14.7. The number of anilines is 2. The van der Waals surface area contributed by atoms with Gasteiger partial charge >= 0.3 is 7.82 Å². The number of hydrogen-bond acceptors (Lipinski definition) is 20. The number of nitrogens with two attached hydrogens (primary N) is 2. The molecule has 0 bridgehead atoms. The van der Waals surface area contributed by atoms with Crippen LogP contribution in [0.3, 0.4) is 0 Å². The van der Waals surface area contributed by atoms with Crippen molar-refractivity contribution in [1.29, 1.82) is 15.8 Å². The maximum atomic E-state index is 16.0. The zero-order valence-electron chi connectivity index (χ0n) is 52.7. The summed E-state index contributed by atoms with van der Waals surface area (Å²) in [5.74, 6) is -2.73. The van der Waals surface area contributed by atoms with Gasteiger partial charge in [-0.2, -0.15) is 26.0 Å². The van der Waals surface area contributed by atoms with Gasteiger partial charge in [-0.3, -0.25) is 4.52 Å². The Balaban J connectivity index is 0.883. The quantitative estimate of drug-likeness (QED) is 0.0312. The van der Waals surface area contributed by atoms with Crippen LogP contribution in [0.4, 0.5) is 16.0 Å². The van der Waals surface area contributed by atoms with Crippen LogP contribution in [0.1, 0.15) is 170 Å². The standard InChI is InChI=1S/C67H77Cl2FN11O11P/c1-6-7-8-9-10-11-12-13-14-15-16-17-18-23-47(83-36-43-30-42(35-71)31-46(70)32-43)37-84-93(82,91-52-24-19-21-44(54(52)68)33-66(38-72)60-58(85-64(2,3)89-60)56(87-66)48-26-28-50-62(74)76-40-78-80(48)50)92-53-25-20-22-45(55(53)69)34-67(39-73)61-59(86-65(4,5)90-61)57(88-67)49-27-29-51-63(75)77-41-79-81(49)51/h19-22,24-32,40-41,47,56-61H,6-18,23,33-34,36-37H2,1-5H3,(H2,74,76,78)(H2,75,77,79)/t47-,56+,57+,58?,59?,60?,61?,66-,67-,93?/m1/s1. The minimum Gasteiger partial charge on any atom is -0.393 e. The highest BCUT2D eigenvalue weighted by Crippen LogP contribution is 2.57. The number of phosphoric acid groups is 1. The molecule has 4 fully saturated rings. The monoisotopic (exact) mass is 1330 g/mol. The molecule has 4 aliphatic heterocycles. The lowest BCUT2D eigenvalue weighted by Crippen LogP contribution is -2.44. The fourth-order valence-electron chi connectivity index (χ4n) is 13.0. The van der Waals surface area contributed by atoms with Gasteiger partial charge < -0.3 is 53.7 Å². The molecule has 0 radical (unpaired) electrons. The summed E-state index contributed by atoms with van der Waals surface area (Å²) in [6, 6.07) is 27.3. The Kier molecular flexibility index (Phi) is 20.7. The zero-order chi connectivity index (χ0) is 65.7. The van der Waals surface area contributed by atoms with Gasteiger partial charge in [-0.05, 0) is 105 Å². The third kappa shape index (κ3) is 14.8. The molecule has 0 saturated carbocycles. The second kappa shape index (κ2) is 28.5. The molecule has 0 amide bonds. The van der Waals surface area contributed by atoms with Crippen LogP contribution in [-0.2, 0) is 61.7 Å². The Morgan fingerprint density at radius 2 is 1.12 bits per heavy atom. The number of ether oxygens (including phenoxy) is 7. The number of benzene rings is 3. The van der Waals surface area contributed by atoms with Gasteiger partial charge in [-0.15, -0.1) is 0 Å². The fraction of sp³-hybridized carbons (Fsp3) is 0.507. The van der Waals surface area contributed by atoms with E-state index in [1.165, 1.54) is 88.3 Å². The molecule has 3 aromatic carbocycles. The summed E-state index contributed by atoms with van der Waals surface area (Å²) in [4.78, 5) is 8.24. The average Bonchev–Trinajstić information content (AvgIpc) is 1.57. The lowest BCUT2D eigenvalue weighted by molar-refractivity contribution is -0.200. The highest BCUT2D eigenvalue weighted by molar-refractivity contribution is 7.49. The number of unbranched alkanes of at least 4 members (excludes halogenated alkanes) is 12. The minimum atomic E-state index is -5.01. The largest absolute Gasteiger partial charge is 0.587 e. The number of aromatic nitrogens is 6. The molecular formula is C67H77Cl2FN11O11P. The molecule has 9 atom stereocenters. The van der Waals surface area contributed by atoms with Crippen LogP contribution >= 0.6 is 31.0 Å². The molecular weight excluding hydrogens is 1260 g/mol. The highest BCUT2D eigenvalue weighted by Gasteiger charge is 2.66. The van der Waals surface area contributed by atoms with E-state index in [1.54, 1.807) is 85.3 Å². The van der Waals surface area contributed by atoms with E-state index in [0.717, 1.165) is 31.7 Å². The van der Waals surface area contributed by atoms with E-state index in [2.05, 4.69) is 39.2 Å². The van der Waals surface area contributed by atoms with Crippen molar-refractivity contribution >= 4 is 53.7 Å². The van der Waals surface area contributed by atoms with Crippen LogP contribution in [0.15, 0.2) is 91.5 Å². The molecule has 492 valence electrons. The van der Waals surface area contributed by atoms with Crippen molar-refractivity contribution in [2.45, 2.75) is 209 Å². The van der Waals surface area contributed by atoms with Crippen molar-refractivity contribution in [3.05, 3.63) is 141 Å². The lowest BCUT2D eigenvalue weighted by Gasteiger charge is -2.30. The predicted octanol–water partition coefficient (Wildman–Crippen LogP) is 14.1. The van der Waals surface area contributed by atoms with Gasteiger partial charge in [0.25, 0.3) is 0 Å². The second-order valence-electron chi connectivity index (χ2n) is 25.2. The van der Waals surface area contributed by atoms with Gasteiger partial charge in [-0.1, -0.05) is 138 Å². The number of phosphoric ester groups is 1. The number of halogens is 3. The summed E-state index contributed by atoms with van der Waals surface area (Å²) in [5, 5.41) is 40.9. The van der Waals surface area contributed by atoms with Crippen LogP contribution in [0, 0.1) is 39.8 Å². The van der Waals surface area contributed by atoms with E-state index in [4.69, 9.17) is 81.4 Å². The van der Waals surface area contributed by atoms with E-state index in [-0.39, 0.29) is 64.8 Å². The number of fused-ring (bicyclic) bond motifs is 4. The van der Waals surface area contributed by atoms with Crippen molar-refractivity contribution in [1.82, 2.24) is 29.2 Å². The number of rotatable bonds is 30. The van der Waals surface area contributed by atoms with Crippen LogP contribution in [-0.4, -0.2) is 89.1 Å². The molecule has 11 rings (SSSR count). The summed E-state index contributed by atoms with van der Waals surface area (Å²) in [7, 11) is -5.01. The normalized spacial score (nSPS) is 24.5. The number of hydrogen-bond donors (Lipinski definition) is 2. The van der Waals surface area contributed by atoms with E-state index in [0.29, 0.717) is 52.0 Å². The molecule has 4 aliphatic rings. The first kappa shape index (κ1) is 67.4. The Morgan fingerprint density at radius 3 is 1.58 bits per heavy atom. The van der Waals surface area contributed by atoms with Crippen LogP contribution in [0.25, 0.3) is 11.0 Å². The molecule has 4 unspecified atom stereocenters. The van der Waals surface area contributed by atoms with Gasteiger partial charge in [0.15, 0.2) is 45.9 Å². The highest BCUT2D eigenvalue weighted by atomic mass is 35.5. The van der Waals surface area contributed by atoms with Gasteiger partial charge in [0.2, 0.25) is 0 Å². The van der Waals surface area contributed by atoms with E-state index in [9.17, 15) is 20.2 Å². The van der Waals surface area contributed by atoms with Gasteiger partial charge in [0.1, 0.15) is 78.3 Å². The smallest absolute Gasteiger partial charge is 0.393 e. The first-order valence-electron chi connectivity index (χ1n) is 31.8. The molecule has 93 heavy (non-hydrogen) atoms. The third-order valence-corrected chi connectivity index (χ3v) is 19.6. The molecule has 0 aliphatic carbocycles. The Hall–Kier alpha value is -7.01. The molecule has 4 N–H and O–H groups in total. The van der Waals surface area contributed by atoms with E-state index in [1.807, 2.05) is 6.07 Å². The SMILES string of the molecule is CCCCCCCCCCCCCCC[C@H](COP(=O)(Oc1cccc(C[C@]2(C#N)O[C@@H](c3ccc4c(N)ncnn34)C3OC(C)(C)OC32)c1Cl)Oc1cccc(C[C@]2(C#N)O[C@@H](c3ccc4c(N)ncnn34)C3OC(C)(C)OC32)c1Cl)OCc1cc(F)cc(C#N)c1. The Labute approximate surface area is 550 Å². The van der Waals surface area contributed by atoms with Crippen molar-refractivity contribution in [3.63, 3.8) is 0 Å². The van der Waals surface area contributed by atoms with Gasteiger partial charge in [-0.25, -0.2) is 28.0 Å². The third-order valence-electron chi connectivity index (χ3n) is 17.5. The number of nitrogen functional groups attached to an aromatic ring is 2. The van der Waals surface area contributed by atoms with Crippen molar-refractivity contribution in [3.8, 4) is 29.7 Å². The van der Waals surface area contributed by atoms with Crippen LogP contribution < -0.4 is 20.5 Å². The Morgan fingerprint density at radius 1 is 0.645 bits per heavy atom. The van der Waals surface area contributed by atoms with Crippen molar-refractivity contribution in [2.75, 3.05) is 18.1 Å². The van der Waals surface area contributed by atoms with Crippen LogP contribution in [0.5, 0.6) is 11.5 Å². The molecule has 7 aromatic rings. The predicted molar refractivity (Wildman–Crippen MR) is 342 cm³/mol. The van der Waals surface area contributed by atoms with Crippen LogP contribution in [0.2, 0.25) is 10.0 Å². The summed E-state index contributed by atoms with van der Waals surface area (Å²) in [6.07, 6.45) is 11.5. The molecule has 4 aromatic heterocycles. The molecule has 22 nitrogen and oxygen atoms in total. The zero-order valence-corrected chi connectivity index (χ0v) is 55.1. The molecule has 0 spiro atoms. The average molecular weight is 1330 g/mol. The summed E-state index contributed by atoms with van der Waals surface area (Å²) in [5.41, 5.74) is 12.3. The van der Waals surface area contributed by atoms with Gasteiger partial charge in [0.05, 0.1) is 52.4 Å². The van der Waals surface area contributed by atoms with Gasteiger partial charge in [0, 0.05) is 12.8 Å². The molecule has 4 saturated heterocycles. The fourth-order valence-corrected chi connectivity index (χ4v) is 14.9. The molecule has 26 heteroatoms. The topological polar surface area (TPSA) is 293 Å². The van der Waals surface area contributed by atoms with E-state index < -0.39 is 79.1 Å². The number of nitrogens with zero attached hydrogens (tertiary/aromatic N) is 9. The Bertz CT molecular complexity index is 3810. The molecule has 8 heterocycles. The minimum absolute atomic E-state index is 0.0703. The second-order valence-corrected chi connectivity index (χ2v) is 27.5. The summed E-state index contributed by atoms with van der Waals surface area (Å²) < 4.78 is 99.0. The first-order chi connectivity index (χ1) is 44.7. The first-order valence-corrected chi connectivity index (χ1v) is 34.0. The maximum absolute atomic E-state index is 16.0. The summed E-state index contributed by atoms with van der Waals surface area (Å²) in [6.45, 7) is 8.72. The van der Waals surface area contributed by atoms with E-state index >= 15 is 4.57 Å². The maximum Gasteiger partial charge on any atom is 0.587 e.